The van der Waals surface area contributed by atoms with Gasteiger partial charge in [-0.15, -0.1) is 0 Å². The molecular weight excluding hydrogens is 321 g/mol. The summed E-state index contributed by atoms with van der Waals surface area (Å²) in [5.41, 5.74) is 1.06. The lowest BCUT2D eigenvalue weighted by atomic mass is 10.2. The number of nitrogens with zero attached hydrogens (tertiary/aromatic N) is 3. The van der Waals surface area contributed by atoms with E-state index in [4.69, 9.17) is 0 Å². The van der Waals surface area contributed by atoms with Crippen molar-refractivity contribution in [2.45, 2.75) is 0 Å². The fourth-order valence-corrected chi connectivity index (χ4v) is 3.74. The number of aromatic nitrogens is 1. The molecule has 0 saturated carbocycles. The Balaban J connectivity index is 1.85. The van der Waals surface area contributed by atoms with E-state index in [1.165, 1.54) is 10.4 Å². The van der Waals surface area contributed by atoms with Crippen LogP contribution >= 0.6 is 0 Å². The van der Waals surface area contributed by atoms with Gasteiger partial charge in [-0.2, -0.15) is 4.31 Å². The first-order valence-corrected chi connectivity index (χ1v) is 9.12. The summed E-state index contributed by atoms with van der Waals surface area (Å²) in [4.78, 5) is 14.3. The Hall–Kier alpha value is -1.93. The molecule has 0 spiro atoms. The summed E-state index contributed by atoms with van der Waals surface area (Å²) in [6.45, 7) is 1.22. The van der Waals surface area contributed by atoms with Crippen molar-refractivity contribution < 1.29 is 17.6 Å². The molecule has 2 heterocycles. The van der Waals surface area contributed by atoms with Crippen LogP contribution < -0.4 is 0 Å². The van der Waals surface area contributed by atoms with E-state index < -0.39 is 10.0 Å². The van der Waals surface area contributed by atoms with E-state index in [1.54, 1.807) is 34.7 Å². The minimum Gasteiger partial charge on any atom is -0.340 e. The van der Waals surface area contributed by atoms with E-state index in [0.29, 0.717) is 29.7 Å². The van der Waals surface area contributed by atoms with Gasteiger partial charge in [0.25, 0.3) is 5.91 Å². The zero-order valence-corrected chi connectivity index (χ0v) is 13.8. The van der Waals surface area contributed by atoms with Gasteiger partial charge in [0, 0.05) is 38.6 Å². The molecule has 8 heteroatoms. The van der Waals surface area contributed by atoms with Crippen molar-refractivity contribution in [3.05, 3.63) is 35.8 Å². The Bertz CT molecular complexity index is 867. The molecule has 1 aromatic heterocycles. The SMILES string of the molecule is Cn1c(C(=O)N2CCN(S(C)(=O)=O)CC2)cc2c(F)cccc21. The third-order valence-electron chi connectivity index (χ3n) is 4.25. The highest BCUT2D eigenvalue weighted by Gasteiger charge is 2.28. The fraction of sp³-hybridized carbons (Fsp3) is 0.400. The van der Waals surface area contributed by atoms with Crippen LogP contribution in [-0.4, -0.2) is 60.5 Å². The average Bonchev–Trinajstić information content (AvgIpc) is 2.85. The van der Waals surface area contributed by atoms with E-state index in [2.05, 4.69) is 0 Å². The maximum atomic E-state index is 13.9. The van der Waals surface area contributed by atoms with Crippen molar-refractivity contribution in [3.63, 3.8) is 0 Å². The minimum absolute atomic E-state index is 0.212. The van der Waals surface area contributed by atoms with Gasteiger partial charge < -0.3 is 9.47 Å². The van der Waals surface area contributed by atoms with Gasteiger partial charge in [0.05, 0.1) is 11.8 Å². The minimum atomic E-state index is -3.23. The molecule has 1 amide bonds. The van der Waals surface area contributed by atoms with Crippen LogP contribution in [0.3, 0.4) is 0 Å². The van der Waals surface area contributed by atoms with Gasteiger partial charge in [-0.05, 0) is 18.2 Å². The maximum absolute atomic E-state index is 13.9. The lowest BCUT2D eigenvalue weighted by Gasteiger charge is -2.33. The lowest BCUT2D eigenvalue weighted by molar-refractivity contribution is 0.0689. The second-order valence-corrected chi connectivity index (χ2v) is 7.70. The summed E-state index contributed by atoms with van der Waals surface area (Å²) >= 11 is 0. The zero-order valence-electron chi connectivity index (χ0n) is 13.0. The van der Waals surface area contributed by atoms with Gasteiger partial charge in [0.15, 0.2) is 0 Å². The van der Waals surface area contributed by atoms with Crippen molar-refractivity contribution in [2.75, 3.05) is 32.4 Å². The summed E-state index contributed by atoms with van der Waals surface area (Å²) in [6.07, 6.45) is 1.16. The first-order chi connectivity index (χ1) is 10.8. The number of hydrogen-bond acceptors (Lipinski definition) is 3. The number of sulfonamides is 1. The number of amides is 1. The van der Waals surface area contributed by atoms with Crippen LogP contribution in [0.25, 0.3) is 10.9 Å². The van der Waals surface area contributed by atoms with Crippen LogP contribution in [0.5, 0.6) is 0 Å². The molecular formula is C15H18FN3O3S. The molecule has 0 aliphatic carbocycles. The van der Waals surface area contributed by atoms with Crippen molar-refractivity contribution in [2.24, 2.45) is 7.05 Å². The van der Waals surface area contributed by atoms with Gasteiger partial charge in [0.2, 0.25) is 10.0 Å². The van der Waals surface area contributed by atoms with Gasteiger partial charge in [0.1, 0.15) is 11.5 Å². The Morgan fingerprint density at radius 1 is 1.17 bits per heavy atom. The van der Waals surface area contributed by atoms with Crippen molar-refractivity contribution in [1.29, 1.82) is 0 Å². The molecule has 1 aliphatic heterocycles. The zero-order chi connectivity index (χ0) is 16.8. The molecule has 2 aromatic rings. The number of carbonyl (C=O) groups excluding carboxylic acids is 1. The quantitative estimate of drug-likeness (QED) is 0.821. The number of hydrogen-bond donors (Lipinski definition) is 0. The van der Waals surface area contributed by atoms with Crippen LogP contribution in [0.15, 0.2) is 24.3 Å². The van der Waals surface area contributed by atoms with Crippen LogP contribution in [0.1, 0.15) is 10.5 Å². The normalized spacial score (nSPS) is 16.9. The molecule has 23 heavy (non-hydrogen) atoms. The Kier molecular flexibility index (Phi) is 3.89. The molecule has 3 rings (SSSR count). The fourth-order valence-electron chi connectivity index (χ4n) is 2.91. The van der Waals surface area contributed by atoms with Gasteiger partial charge in [-0.3, -0.25) is 4.79 Å². The third-order valence-corrected chi connectivity index (χ3v) is 5.55. The van der Waals surface area contributed by atoms with Gasteiger partial charge in [-0.25, -0.2) is 12.8 Å². The monoisotopic (exact) mass is 339 g/mol. The molecule has 124 valence electrons. The summed E-state index contributed by atoms with van der Waals surface area (Å²) in [5.74, 6) is -0.574. The molecule has 0 radical (unpaired) electrons. The van der Waals surface area contributed by atoms with E-state index in [-0.39, 0.29) is 24.8 Å². The summed E-state index contributed by atoms with van der Waals surface area (Å²) < 4.78 is 39.9. The van der Waals surface area contributed by atoms with Crippen LogP contribution in [0, 0.1) is 5.82 Å². The molecule has 1 saturated heterocycles. The Morgan fingerprint density at radius 2 is 1.83 bits per heavy atom. The number of benzene rings is 1. The van der Waals surface area contributed by atoms with Gasteiger partial charge >= 0.3 is 0 Å². The number of carbonyl (C=O) groups is 1. The predicted molar refractivity (Wildman–Crippen MR) is 85.2 cm³/mol. The molecule has 1 aromatic carbocycles. The number of rotatable bonds is 2. The highest BCUT2D eigenvalue weighted by Crippen LogP contribution is 2.23. The maximum Gasteiger partial charge on any atom is 0.270 e. The topological polar surface area (TPSA) is 62.6 Å². The van der Waals surface area contributed by atoms with E-state index >= 15 is 0 Å². The summed E-state index contributed by atoms with van der Waals surface area (Å²) in [5, 5.41) is 0.410. The number of piperazine rings is 1. The van der Waals surface area contributed by atoms with Crippen LogP contribution in [-0.2, 0) is 17.1 Å². The Labute approximate surface area is 134 Å². The number of aryl methyl sites for hydroxylation is 1. The third kappa shape index (κ3) is 2.84. The highest BCUT2D eigenvalue weighted by atomic mass is 32.2. The second kappa shape index (κ2) is 5.61. The first kappa shape index (κ1) is 15.9. The van der Waals surface area contributed by atoms with Crippen LogP contribution in [0.2, 0.25) is 0 Å². The predicted octanol–water partition coefficient (Wildman–Crippen LogP) is 1.03. The molecule has 0 bridgehead atoms. The van der Waals surface area contributed by atoms with Crippen LogP contribution in [0.4, 0.5) is 4.39 Å². The van der Waals surface area contributed by atoms with E-state index in [1.807, 2.05) is 0 Å². The Morgan fingerprint density at radius 3 is 2.39 bits per heavy atom. The lowest BCUT2D eigenvalue weighted by Crippen LogP contribution is -2.50. The molecule has 0 atom stereocenters. The number of fused-ring (bicyclic) bond motifs is 1. The summed E-state index contributed by atoms with van der Waals surface area (Å²) in [7, 11) is -1.51. The van der Waals surface area contributed by atoms with E-state index in [9.17, 15) is 17.6 Å². The van der Waals surface area contributed by atoms with Gasteiger partial charge in [-0.1, -0.05) is 6.07 Å². The second-order valence-electron chi connectivity index (χ2n) is 5.72. The van der Waals surface area contributed by atoms with E-state index in [0.717, 1.165) is 6.26 Å². The smallest absolute Gasteiger partial charge is 0.270 e. The number of halogens is 1. The summed E-state index contributed by atoms with van der Waals surface area (Å²) in [6, 6.07) is 6.28. The highest BCUT2D eigenvalue weighted by molar-refractivity contribution is 7.88. The molecule has 0 unspecified atom stereocenters. The first-order valence-electron chi connectivity index (χ1n) is 7.27. The molecule has 0 N–H and O–H groups in total. The molecule has 6 nitrogen and oxygen atoms in total. The standard InChI is InChI=1S/C15H18FN3O3S/c1-17-13-5-3-4-12(16)11(13)10-14(17)15(20)18-6-8-19(9-7-18)23(2,21)22/h3-5,10H,6-9H2,1-2H3. The molecule has 1 fully saturated rings. The van der Waals surface area contributed by atoms with Crippen molar-refractivity contribution >= 4 is 26.8 Å². The van der Waals surface area contributed by atoms with Crippen molar-refractivity contribution in [3.8, 4) is 0 Å². The largest absolute Gasteiger partial charge is 0.340 e. The van der Waals surface area contributed by atoms with Crippen molar-refractivity contribution in [1.82, 2.24) is 13.8 Å². The average molecular weight is 339 g/mol. The molecule has 1 aliphatic rings.